The van der Waals surface area contributed by atoms with Crippen LogP contribution in [0.15, 0.2) is 30.5 Å². The van der Waals surface area contributed by atoms with Crippen LogP contribution in [0.1, 0.15) is 27.2 Å². The third-order valence-corrected chi connectivity index (χ3v) is 3.30. The topological polar surface area (TPSA) is 48.4 Å². The number of ether oxygens (including phenoxy) is 2. The summed E-state index contributed by atoms with van der Waals surface area (Å²) in [7, 11) is 0. The fourth-order valence-electron chi connectivity index (χ4n) is 1.53. The van der Waals surface area contributed by atoms with E-state index < -0.39 is 0 Å². The molecule has 0 atom stereocenters. The highest BCUT2D eigenvalue weighted by Gasteiger charge is 2.06. The molecule has 0 unspecified atom stereocenters. The molecule has 0 saturated carbocycles. The molecule has 0 spiro atoms. The average Bonchev–Trinajstić information content (AvgIpc) is 2.83. The molecule has 19 heavy (non-hydrogen) atoms. The SMILES string of the molecule is CCOC(=O)c1ccc(OCc2cnc(C)s2)cc1. The summed E-state index contributed by atoms with van der Waals surface area (Å²) in [5.41, 5.74) is 0.530. The van der Waals surface area contributed by atoms with Gasteiger partial charge in [0, 0.05) is 6.20 Å². The van der Waals surface area contributed by atoms with Gasteiger partial charge in [0.25, 0.3) is 0 Å². The van der Waals surface area contributed by atoms with Crippen molar-refractivity contribution in [3.8, 4) is 5.75 Å². The zero-order chi connectivity index (χ0) is 13.7. The Hall–Kier alpha value is -1.88. The highest BCUT2D eigenvalue weighted by Crippen LogP contribution is 2.17. The maximum atomic E-state index is 11.5. The van der Waals surface area contributed by atoms with Crippen LogP contribution in [0, 0.1) is 6.92 Å². The molecule has 1 heterocycles. The van der Waals surface area contributed by atoms with Gasteiger partial charge in [0.1, 0.15) is 12.4 Å². The van der Waals surface area contributed by atoms with Crippen molar-refractivity contribution in [1.29, 1.82) is 0 Å². The number of aromatic nitrogens is 1. The molecule has 4 nitrogen and oxygen atoms in total. The lowest BCUT2D eigenvalue weighted by Crippen LogP contribution is -2.04. The van der Waals surface area contributed by atoms with Gasteiger partial charge in [-0.15, -0.1) is 11.3 Å². The van der Waals surface area contributed by atoms with Crippen molar-refractivity contribution in [3.05, 3.63) is 45.9 Å². The van der Waals surface area contributed by atoms with Gasteiger partial charge in [-0.25, -0.2) is 9.78 Å². The summed E-state index contributed by atoms with van der Waals surface area (Å²) in [6.07, 6.45) is 1.81. The Morgan fingerprint density at radius 3 is 2.63 bits per heavy atom. The van der Waals surface area contributed by atoms with Crippen molar-refractivity contribution >= 4 is 17.3 Å². The van der Waals surface area contributed by atoms with E-state index in [2.05, 4.69) is 4.98 Å². The first-order valence-electron chi connectivity index (χ1n) is 6.00. The molecule has 0 aliphatic rings. The number of hydrogen-bond donors (Lipinski definition) is 0. The number of benzene rings is 1. The molecule has 1 aromatic carbocycles. The van der Waals surface area contributed by atoms with Crippen LogP contribution >= 0.6 is 11.3 Å². The van der Waals surface area contributed by atoms with Gasteiger partial charge >= 0.3 is 5.97 Å². The summed E-state index contributed by atoms with van der Waals surface area (Å²) >= 11 is 1.61. The molecular weight excluding hydrogens is 262 g/mol. The van der Waals surface area contributed by atoms with Crippen LogP contribution < -0.4 is 4.74 Å². The second kappa shape index (κ2) is 6.33. The Bertz CT molecular complexity index is 548. The molecule has 0 fully saturated rings. The first kappa shape index (κ1) is 13.5. The van der Waals surface area contributed by atoms with Gasteiger partial charge in [0.05, 0.1) is 22.1 Å². The second-order valence-electron chi connectivity index (χ2n) is 3.88. The average molecular weight is 277 g/mol. The van der Waals surface area contributed by atoms with Crippen molar-refractivity contribution in [3.63, 3.8) is 0 Å². The summed E-state index contributed by atoms with van der Waals surface area (Å²) in [5.74, 6) is 0.409. The maximum absolute atomic E-state index is 11.5. The van der Waals surface area contributed by atoms with Crippen LogP contribution in [-0.2, 0) is 11.3 Å². The van der Waals surface area contributed by atoms with Crippen LogP contribution in [0.3, 0.4) is 0 Å². The van der Waals surface area contributed by atoms with E-state index >= 15 is 0 Å². The molecule has 0 N–H and O–H groups in total. The fraction of sp³-hybridized carbons (Fsp3) is 0.286. The van der Waals surface area contributed by atoms with Gasteiger partial charge in [0.15, 0.2) is 0 Å². The van der Waals surface area contributed by atoms with E-state index in [1.807, 2.05) is 13.1 Å². The molecule has 0 bridgehead atoms. The first-order chi connectivity index (χ1) is 9.19. The number of carbonyl (C=O) groups excluding carboxylic acids is 1. The Labute approximate surface area is 116 Å². The minimum atomic E-state index is -0.313. The van der Waals surface area contributed by atoms with Gasteiger partial charge in [-0.3, -0.25) is 0 Å². The van der Waals surface area contributed by atoms with Gasteiger partial charge in [0.2, 0.25) is 0 Å². The van der Waals surface area contributed by atoms with E-state index in [0.717, 1.165) is 15.6 Å². The number of thiazole rings is 1. The monoisotopic (exact) mass is 277 g/mol. The number of hydrogen-bond acceptors (Lipinski definition) is 5. The minimum absolute atomic E-state index is 0.313. The predicted molar refractivity (Wildman–Crippen MR) is 73.6 cm³/mol. The molecule has 2 rings (SSSR count). The van der Waals surface area contributed by atoms with Crippen molar-refractivity contribution in [2.24, 2.45) is 0 Å². The normalized spacial score (nSPS) is 10.2. The van der Waals surface area contributed by atoms with E-state index in [-0.39, 0.29) is 5.97 Å². The van der Waals surface area contributed by atoms with Crippen LogP contribution in [0.5, 0.6) is 5.75 Å². The lowest BCUT2D eigenvalue weighted by Gasteiger charge is -2.05. The summed E-state index contributed by atoms with van der Waals surface area (Å²) < 4.78 is 10.5. The molecule has 100 valence electrons. The third-order valence-electron chi connectivity index (χ3n) is 2.42. The fourth-order valence-corrected chi connectivity index (χ4v) is 2.24. The standard InChI is InChI=1S/C14H15NO3S/c1-3-17-14(16)11-4-6-12(7-5-11)18-9-13-8-15-10(2)19-13/h4-8H,3,9H2,1-2H3. The van der Waals surface area contributed by atoms with Crippen LogP contribution in [0.4, 0.5) is 0 Å². The lowest BCUT2D eigenvalue weighted by atomic mass is 10.2. The molecule has 0 amide bonds. The second-order valence-corrected chi connectivity index (χ2v) is 5.20. The highest BCUT2D eigenvalue weighted by molar-refractivity contribution is 7.11. The highest BCUT2D eigenvalue weighted by atomic mass is 32.1. The Kier molecular flexibility index (Phi) is 4.52. The van der Waals surface area contributed by atoms with E-state index in [1.165, 1.54) is 0 Å². The van der Waals surface area contributed by atoms with E-state index in [4.69, 9.17) is 9.47 Å². The molecule has 0 radical (unpaired) electrons. The summed E-state index contributed by atoms with van der Waals surface area (Å²) in [6, 6.07) is 6.93. The molecule has 0 aliphatic carbocycles. The number of carbonyl (C=O) groups is 1. The molecule has 1 aromatic heterocycles. The zero-order valence-corrected chi connectivity index (χ0v) is 11.7. The van der Waals surface area contributed by atoms with E-state index in [0.29, 0.717) is 18.8 Å². The van der Waals surface area contributed by atoms with E-state index in [1.54, 1.807) is 42.5 Å². The quantitative estimate of drug-likeness (QED) is 0.787. The van der Waals surface area contributed by atoms with Crippen LogP contribution in [0.25, 0.3) is 0 Å². The summed E-state index contributed by atoms with van der Waals surface area (Å²) in [4.78, 5) is 16.7. The molecule has 2 aromatic rings. The van der Waals surface area contributed by atoms with Gasteiger partial charge < -0.3 is 9.47 Å². The van der Waals surface area contributed by atoms with Crippen molar-refractivity contribution in [2.45, 2.75) is 20.5 Å². The number of rotatable bonds is 5. The van der Waals surface area contributed by atoms with Crippen molar-refractivity contribution in [2.75, 3.05) is 6.61 Å². The van der Waals surface area contributed by atoms with Crippen molar-refractivity contribution in [1.82, 2.24) is 4.98 Å². The predicted octanol–water partition coefficient (Wildman–Crippen LogP) is 3.21. The molecule has 5 heteroatoms. The van der Waals surface area contributed by atoms with Gasteiger partial charge in [-0.05, 0) is 38.1 Å². The number of nitrogens with zero attached hydrogens (tertiary/aromatic N) is 1. The Morgan fingerprint density at radius 2 is 2.05 bits per heavy atom. The van der Waals surface area contributed by atoms with Gasteiger partial charge in [-0.2, -0.15) is 0 Å². The first-order valence-corrected chi connectivity index (χ1v) is 6.82. The van der Waals surface area contributed by atoms with Crippen LogP contribution in [0.2, 0.25) is 0 Å². The van der Waals surface area contributed by atoms with Crippen molar-refractivity contribution < 1.29 is 14.3 Å². The van der Waals surface area contributed by atoms with E-state index in [9.17, 15) is 4.79 Å². The molecular formula is C14H15NO3S. The van der Waals surface area contributed by atoms with Gasteiger partial charge in [-0.1, -0.05) is 0 Å². The Morgan fingerprint density at radius 1 is 1.32 bits per heavy atom. The van der Waals surface area contributed by atoms with Crippen LogP contribution in [-0.4, -0.2) is 17.6 Å². The lowest BCUT2D eigenvalue weighted by molar-refractivity contribution is 0.0526. The Balaban J connectivity index is 1.93. The molecule has 0 saturated heterocycles. The zero-order valence-electron chi connectivity index (χ0n) is 10.9. The smallest absolute Gasteiger partial charge is 0.338 e. The molecule has 0 aliphatic heterocycles. The number of aryl methyl sites for hydroxylation is 1. The third kappa shape index (κ3) is 3.79. The largest absolute Gasteiger partial charge is 0.488 e. The summed E-state index contributed by atoms with van der Waals surface area (Å²) in [6.45, 7) is 4.61. The maximum Gasteiger partial charge on any atom is 0.338 e. The minimum Gasteiger partial charge on any atom is -0.488 e. The summed E-state index contributed by atoms with van der Waals surface area (Å²) in [5, 5.41) is 1.02. The number of esters is 1.